The van der Waals surface area contributed by atoms with E-state index in [-0.39, 0.29) is 11.9 Å². The van der Waals surface area contributed by atoms with Gasteiger partial charge < -0.3 is 4.90 Å². The van der Waals surface area contributed by atoms with Crippen LogP contribution in [-0.4, -0.2) is 34.8 Å². The van der Waals surface area contributed by atoms with Gasteiger partial charge in [-0.1, -0.05) is 48.5 Å². The number of fused-ring (bicyclic) bond motifs is 1. The third kappa shape index (κ3) is 2.87. The van der Waals surface area contributed by atoms with Crippen LogP contribution in [0.25, 0.3) is 11.1 Å². The van der Waals surface area contributed by atoms with Gasteiger partial charge >= 0.3 is 0 Å². The van der Waals surface area contributed by atoms with Crippen LogP contribution in [0.15, 0.2) is 48.5 Å². The third-order valence-corrected chi connectivity index (χ3v) is 5.33. The summed E-state index contributed by atoms with van der Waals surface area (Å²) >= 11 is 0. The van der Waals surface area contributed by atoms with Crippen LogP contribution in [0.4, 0.5) is 0 Å². The molecule has 1 unspecified atom stereocenters. The zero-order valence-electron chi connectivity index (χ0n) is 14.2. The zero-order chi connectivity index (χ0) is 17.2. The van der Waals surface area contributed by atoms with E-state index in [1.54, 1.807) is 4.90 Å². The van der Waals surface area contributed by atoms with E-state index >= 15 is 0 Å². The Labute approximate surface area is 148 Å². The summed E-state index contributed by atoms with van der Waals surface area (Å²) < 4.78 is 0. The smallest absolute Gasteiger partial charge is 0.246 e. The molecule has 4 rings (SSSR count). The van der Waals surface area contributed by atoms with E-state index < -0.39 is 0 Å². The van der Waals surface area contributed by atoms with Gasteiger partial charge in [-0.2, -0.15) is 5.26 Å². The maximum Gasteiger partial charge on any atom is 0.246 e. The highest BCUT2D eigenvalue weighted by Crippen LogP contribution is 2.31. The Kier molecular flexibility index (Phi) is 4.15. The first-order chi connectivity index (χ1) is 12.3. The van der Waals surface area contributed by atoms with Crippen molar-refractivity contribution in [1.29, 1.82) is 5.26 Å². The van der Waals surface area contributed by atoms with Crippen LogP contribution in [0.1, 0.15) is 24.0 Å². The second-order valence-corrected chi connectivity index (χ2v) is 6.77. The van der Waals surface area contributed by atoms with Gasteiger partial charge in [0.2, 0.25) is 5.91 Å². The number of nitrogens with zero attached hydrogens (tertiary/aromatic N) is 3. The van der Waals surface area contributed by atoms with Gasteiger partial charge in [-0.3, -0.25) is 9.69 Å². The first-order valence-electron chi connectivity index (χ1n) is 8.89. The van der Waals surface area contributed by atoms with Gasteiger partial charge in [-0.15, -0.1) is 0 Å². The Morgan fingerprint density at radius 3 is 2.72 bits per heavy atom. The fourth-order valence-corrected chi connectivity index (χ4v) is 4.04. The third-order valence-electron chi connectivity index (χ3n) is 5.33. The summed E-state index contributed by atoms with van der Waals surface area (Å²) in [7, 11) is 0. The van der Waals surface area contributed by atoms with E-state index in [1.165, 1.54) is 22.3 Å². The van der Waals surface area contributed by atoms with Crippen molar-refractivity contribution in [1.82, 2.24) is 9.80 Å². The number of nitriles is 1. The maximum atomic E-state index is 12.9. The van der Waals surface area contributed by atoms with E-state index in [0.717, 1.165) is 25.8 Å². The molecule has 1 atom stereocenters. The standard InChI is InChI=1S/C21H21N3O/c22-15-24-12-5-10-20(24)21(25)23-13-11-19-17(14-23)8-4-9-18(19)16-6-2-1-3-7-16/h1-4,6-9,20H,5,10-14H2. The summed E-state index contributed by atoms with van der Waals surface area (Å²) in [6, 6.07) is 16.5. The number of likely N-dealkylation sites (tertiary alicyclic amines) is 1. The molecule has 0 N–H and O–H groups in total. The summed E-state index contributed by atoms with van der Waals surface area (Å²) in [5.74, 6) is 0.106. The summed E-state index contributed by atoms with van der Waals surface area (Å²) in [6.07, 6.45) is 4.75. The van der Waals surface area contributed by atoms with Crippen molar-refractivity contribution < 1.29 is 4.79 Å². The largest absolute Gasteiger partial charge is 0.336 e. The number of amides is 1. The van der Waals surface area contributed by atoms with Crippen molar-refractivity contribution in [2.24, 2.45) is 0 Å². The van der Waals surface area contributed by atoms with Gasteiger partial charge in [0, 0.05) is 19.6 Å². The molecule has 25 heavy (non-hydrogen) atoms. The molecule has 4 heteroatoms. The molecule has 1 saturated heterocycles. The number of rotatable bonds is 2. The minimum atomic E-state index is -0.260. The summed E-state index contributed by atoms with van der Waals surface area (Å²) in [6.45, 7) is 2.07. The van der Waals surface area contributed by atoms with Gasteiger partial charge in [-0.25, -0.2) is 0 Å². The fourth-order valence-electron chi connectivity index (χ4n) is 4.04. The van der Waals surface area contributed by atoms with Crippen molar-refractivity contribution in [3.63, 3.8) is 0 Å². The van der Waals surface area contributed by atoms with E-state index in [0.29, 0.717) is 13.1 Å². The van der Waals surface area contributed by atoms with Gasteiger partial charge in [0.15, 0.2) is 6.19 Å². The molecule has 2 heterocycles. The highest BCUT2D eigenvalue weighted by Gasteiger charge is 2.34. The lowest BCUT2D eigenvalue weighted by molar-refractivity contribution is -0.136. The molecule has 4 nitrogen and oxygen atoms in total. The highest BCUT2D eigenvalue weighted by molar-refractivity contribution is 5.83. The Morgan fingerprint density at radius 2 is 1.92 bits per heavy atom. The molecular formula is C21H21N3O. The topological polar surface area (TPSA) is 47.3 Å². The molecule has 2 aromatic carbocycles. The normalized spacial score (nSPS) is 19.4. The second-order valence-electron chi connectivity index (χ2n) is 6.77. The molecule has 0 radical (unpaired) electrons. The molecule has 0 saturated carbocycles. The van der Waals surface area contributed by atoms with Gasteiger partial charge in [0.25, 0.3) is 0 Å². The van der Waals surface area contributed by atoms with E-state index in [9.17, 15) is 10.1 Å². The minimum absolute atomic E-state index is 0.106. The van der Waals surface area contributed by atoms with Crippen LogP contribution in [0.3, 0.4) is 0 Å². The predicted octanol–water partition coefficient (Wildman–Crippen LogP) is 3.18. The van der Waals surface area contributed by atoms with Gasteiger partial charge in [-0.05, 0) is 41.5 Å². The molecule has 0 spiro atoms. The monoisotopic (exact) mass is 331 g/mol. The SMILES string of the molecule is N#CN1CCCC1C(=O)N1CCc2c(cccc2-c2ccccc2)C1. The number of hydrogen-bond donors (Lipinski definition) is 0. The number of carbonyl (C=O) groups excluding carboxylic acids is 1. The molecular weight excluding hydrogens is 310 g/mol. The summed E-state index contributed by atoms with van der Waals surface area (Å²) in [5, 5.41) is 9.21. The Bertz CT molecular complexity index is 825. The van der Waals surface area contributed by atoms with E-state index in [4.69, 9.17) is 0 Å². The molecule has 126 valence electrons. The Hall–Kier alpha value is -2.80. The molecule has 1 amide bonds. The van der Waals surface area contributed by atoms with E-state index in [1.807, 2.05) is 11.0 Å². The van der Waals surface area contributed by atoms with Crippen molar-refractivity contribution in [3.05, 3.63) is 59.7 Å². The van der Waals surface area contributed by atoms with Crippen molar-refractivity contribution in [2.75, 3.05) is 13.1 Å². The van der Waals surface area contributed by atoms with Crippen LogP contribution in [-0.2, 0) is 17.8 Å². The molecule has 2 aromatic rings. The molecule has 0 aromatic heterocycles. The Balaban J connectivity index is 1.58. The predicted molar refractivity (Wildman–Crippen MR) is 96.3 cm³/mol. The molecule has 0 aliphatic carbocycles. The van der Waals surface area contributed by atoms with Crippen molar-refractivity contribution >= 4 is 5.91 Å². The average molecular weight is 331 g/mol. The quantitative estimate of drug-likeness (QED) is 0.794. The number of benzene rings is 2. The van der Waals surface area contributed by atoms with Gasteiger partial charge in [0.05, 0.1) is 0 Å². The lowest BCUT2D eigenvalue weighted by Gasteiger charge is -2.33. The highest BCUT2D eigenvalue weighted by atomic mass is 16.2. The average Bonchev–Trinajstić information content (AvgIpc) is 3.16. The van der Waals surface area contributed by atoms with Crippen molar-refractivity contribution in [2.45, 2.75) is 31.8 Å². The Morgan fingerprint density at radius 1 is 1.08 bits per heavy atom. The molecule has 2 aliphatic heterocycles. The van der Waals surface area contributed by atoms with Crippen LogP contribution >= 0.6 is 0 Å². The van der Waals surface area contributed by atoms with Crippen LogP contribution in [0.5, 0.6) is 0 Å². The first-order valence-corrected chi connectivity index (χ1v) is 8.89. The fraction of sp³-hybridized carbons (Fsp3) is 0.333. The molecule has 2 aliphatic rings. The lowest BCUT2D eigenvalue weighted by atomic mass is 9.90. The van der Waals surface area contributed by atoms with Crippen molar-refractivity contribution in [3.8, 4) is 17.3 Å². The zero-order valence-corrected chi connectivity index (χ0v) is 14.2. The summed E-state index contributed by atoms with van der Waals surface area (Å²) in [4.78, 5) is 16.4. The lowest BCUT2D eigenvalue weighted by Crippen LogP contribution is -2.46. The number of carbonyl (C=O) groups is 1. The summed E-state index contributed by atoms with van der Waals surface area (Å²) in [5.41, 5.74) is 5.07. The molecule has 1 fully saturated rings. The molecule has 0 bridgehead atoms. The van der Waals surface area contributed by atoms with Crippen LogP contribution < -0.4 is 0 Å². The van der Waals surface area contributed by atoms with Crippen LogP contribution in [0.2, 0.25) is 0 Å². The van der Waals surface area contributed by atoms with Gasteiger partial charge in [0.1, 0.15) is 6.04 Å². The maximum absolute atomic E-state index is 12.9. The first kappa shape index (κ1) is 15.7. The van der Waals surface area contributed by atoms with E-state index in [2.05, 4.69) is 48.7 Å². The van der Waals surface area contributed by atoms with Crippen LogP contribution in [0, 0.1) is 11.5 Å². The minimum Gasteiger partial charge on any atom is -0.336 e. The second kappa shape index (κ2) is 6.60. The number of hydrogen-bond acceptors (Lipinski definition) is 3.